The number of fused-ring (bicyclic) bond motifs is 5. The molecule has 0 bridgehead atoms. The van der Waals surface area contributed by atoms with Crippen LogP contribution in [-0.4, -0.2) is 34.1 Å². The van der Waals surface area contributed by atoms with E-state index in [0.29, 0.717) is 5.69 Å². The lowest BCUT2D eigenvalue weighted by Gasteiger charge is -2.08. The molecule has 7 heteroatoms. The number of H-pyrrole nitrogens is 2. The van der Waals surface area contributed by atoms with E-state index in [9.17, 15) is 4.79 Å². The zero-order valence-electron chi connectivity index (χ0n) is 15.7. The highest BCUT2D eigenvalue weighted by Gasteiger charge is 2.27. The molecule has 0 fully saturated rings. The van der Waals surface area contributed by atoms with Crippen LogP contribution in [0.15, 0.2) is 24.5 Å². The Hall–Kier alpha value is -3.06. The van der Waals surface area contributed by atoms with Gasteiger partial charge in [-0.15, -0.1) is 0 Å². The fourth-order valence-electron chi connectivity index (χ4n) is 3.38. The van der Waals surface area contributed by atoms with Gasteiger partial charge in [-0.3, -0.25) is 4.98 Å². The van der Waals surface area contributed by atoms with Gasteiger partial charge in [0, 0.05) is 29.8 Å². The first-order chi connectivity index (χ1) is 13.0. The number of benzene rings is 1. The molecule has 0 aliphatic carbocycles. The SMILES string of the molecule is COCc1c(C(=O)OC(C)C)[nH+]cc2nc3ccc4[nH]c(C)cnc4c3c12. The number of aromatic nitrogens is 4. The maximum atomic E-state index is 12.6. The van der Waals surface area contributed by atoms with Crippen LogP contribution in [0, 0.1) is 6.92 Å². The number of hydrogen-bond acceptors (Lipinski definition) is 5. The molecule has 0 aliphatic heterocycles. The third-order valence-electron chi connectivity index (χ3n) is 4.41. The Morgan fingerprint density at radius 1 is 1.26 bits per heavy atom. The number of carbonyl (C=O) groups is 1. The summed E-state index contributed by atoms with van der Waals surface area (Å²) in [4.78, 5) is 28.3. The molecule has 4 rings (SSSR count). The highest BCUT2D eigenvalue weighted by atomic mass is 16.5. The number of aryl methyl sites for hydroxylation is 1. The molecule has 0 saturated heterocycles. The van der Waals surface area contributed by atoms with Crippen molar-refractivity contribution in [3.8, 4) is 0 Å². The number of carbonyl (C=O) groups excluding carboxylic acids is 1. The first-order valence-electron chi connectivity index (χ1n) is 8.80. The molecule has 27 heavy (non-hydrogen) atoms. The molecule has 7 nitrogen and oxygen atoms in total. The number of hydrogen-bond donors (Lipinski definition) is 1. The molecule has 4 aromatic rings. The van der Waals surface area contributed by atoms with Crippen LogP contribution in [0.2, 0.25) is 0 Å². The van der Waals surface area contributed by atoms with Gasteiger partial charge in [0.25, 0.3) is 5.69 Å². The molecule has 0 aliphatic rings. The van der Waals surface area contributed by atoms with E-state index < -0.39 is 5.97 Å². The van der Waals surface area contributed by atoms with E-state index in [1.807, 2.05) is 32.9 Å². The lowest BCUT2D eigenvalue weighted by Crippen LogP contribution is -2.24. The summed E-state index contributed by atoms with van der Waals surface area (Å²) in [5.74, 6) is -0.413. The van der Waals surface area contributed by atoms with Crippen molar-refractivity contribution in [2.75, 3.05) is 7.11 Å². The van der Waals surface area contributed by atoms with E-state index in [1.54, 1.807) is 19.5 Å². The zero-order valence-corrected chi connectivity index (χ0v) is 15.7. The number of ether oxygens (including phenoxy) is 2. The Labute approximate surface area is 155 Å². The quantitative estimate of drug-likeness (QED) is 0.561. The minimum absolute atomic E-state index is 0.216. The van der Waals surface area contributed by atoms with E-state index >= 15 is 0 Å². The van der Waals surface area contributed by atoms with Gasteiger partial charge in [0.1, 0.15) is 5.52 Å². The van der Waals surface area contributed by atoms with Crippen LogP contribution in [0.1, 0.15) is 35.6 Å². The first kappa shape index (κ1) is 17.4. The van der Waals surface area contributed by atoms with Gasteiger partial charge in [-0.25, -0.2) is 14.8 Å². The number of nitrogens with zero attached hydrogens (tertiary/aromatic N) is 2. The average molecular weight is 365 g/mol. The standard InChI is InChI=1S/C20H20N4O3/c1-10(2)27-20(25)18-12(9-26-4)16-15(8-22-18)24-13-5-6-14-19(17(13)16)21-7-11(3)23-14/h5-8,10,23H,9H2,1-4H3/p+1. The Morgan fingerprint density at radius 2 is 2.07 bits per heavy atom. The van der Waals surface area contributed by atoms with E-state index in [4.69, 9.17) is 14.5 Å². The summed E-state index contributed by atoms with van der Waals surface area (Å²) in [7, 11) is 1.60. The predicted molar refractivity (Wildman–Crippen MR) is 101 cm³/mol. The third-order valence-corrected chi connectivity index (χ3v) is 4.41. The van der Waals surface area contributed by atoms with Gasteiger partial charge >= 0.3 is 5.97 Å². The molecule has 0 amide bonds. The predicted octanol–water partition coefficient (Wildman–Crippen LogP) is 3.10. The second-order valence-corrected chi connectivity index (χ2v) is 6.82. The summed E-state index contributed by atoms with van der Waals surface area (Å²) in [5.41, 5.74) is 5.37. The van der Waals surface area contributed by atoms with Crippen molar-refractivity contribution < 1.29 is 19.3 Å². The van der Waals surface area contributed by atoms with Crippen molar-refractivity contribution in [2.24, 2.45) is 0 Å². The molecule has 0 radical (unpaired) electrons. The number of methoxy groups -OCH3 is 1. The number of esters is 1. The van der Waals surface area contributed by atoms with Crippen LogP contribution in [0.4, 0.5) is 0 Å². The second kappa shape index (κ2) is 6.59. The molecule has 3 aromatic heterocycles. The molecular formula is C20H21N4O3+. The third kappa shape index (κ3) is 2.90. The summed E-state index contributed by atoms with van der Waals surface area (Å²) < 4.78 is 10.8. The maximum absolute atomic E-state index is 12.6. The van der Waals surface area contributed by atoms with Gasteiger partial charge in [-0.1, -0.05) is 0 Å². The lowest BCUT2D eigenvalue weighted by molar-refractivity contribution is -0.382. The highest BCUT2D eigenvalue weighted by molar-refractivity contribution is 6.19. The highest BCUT2D eigenvalue weighted by Crippen LogP contribution is 2.33. The summed E-state index contributed by atoms with van der Waals surface area (Å²) in [6.07, 6.45) is 3.31. The molecule has 3 heterocycles. The number of aromatic amines is 2. The molecule has 2 N–H and O–H groups in total. The minimum atomic E-state index is -0.413. The number of rotatable bonds is 4. The van der Waals surface area contributed by atoms with Crippen molar-refractivity contribution in [1.29, 1.82) is 0 Å². The smallest absolute Gasteiger partial charge is 0.404 e. The van der Waals surface area contributed by atoms with Crippen LogP contribution >= 0.6 is 0 Å². The topological polar surface area (TPSA) is 91.2 Å². The monoisotopic (exact) mass is 365 g/mol. The molecule has 0 atom stereocenters. The second-order valence-electron chi connectivity index (χ2n) is 6.82. The van der Waals surface area contributed by atoms with E-state index in [1.165, 1.54) is 0 Å². The van der Waals surface area contributed by atoms with E-state index in [2.05, 4.69) is 15.0 Å². The molecule has 138 valence electrons. The Balaban J connectivity index is 2.10. The number of nitrogens with one attached hydrogen (secondary N) is 2. The largest absolute Gasteiger partial charge is 0.455 e. The fourth-order valence-corrected chi connectivity index (χ4v) is 3.38. The fraction of sp³-hybridized carbons (Fsp3) is 0.300. The van der Waals surface area contributed by atoms with Gasteiger partial charge in [0.15, 0.2) is 6.20 Å². The first-order valence-corrected chi connectivity index (χ1v) is 8.80. The summed E-state index contributed by atoms with van der Waals surface area (Å²) in [5, 5.41) is 1.76. The number of pyridine rings is 1. The Bertz CT molecular complexity index is 1180. The van der Waals surface area contributed by atoms with Crippen molar-refractivity contribution >= 4 is 38.8 Å². The summed E-state index contributed by atoms with van der Waals surface area (Å²) in [6.45, 7) is 5.86. The van der Waals surface area contributed by atoms with Crippen LogP contribution in [0.3, 0.4) is 0 Å². The Morgan fingerprint density at radius 3 is 2.81 bits per heavy atom. The summed E-state index contributed by atoms with van der Waals surface area (Å²) >= 11 is 0. The Kier molecular flexibility index (Phi) is 4.24. The molecular weight excluding hydrogens is 344 g/mol. The normalized spacial score (nSPS) is 11.7. The lowest BCUT2D eigenvalue weighted by atomic mass is 10.0. The van der Waals surface area contributed by atoms with E-state index in [-0.39, 0.29) is 12.7 Å². The van der Waals surface area contributed by atoms with Crippen molar-refractivity contribution in [3.05, 3.63) is 41.5 Å². The minimum Gasteiger partial charge on any atom is -0.455 e. The van der Waals surface area contributed by atoms with Crippen molar-refractivity contribution in [3.63, 3.8) is 0 Å². The molecule has 0 spiro atoms. The van der Waals surface area contributed by atoms with Crippen molar-refractivity contribution in [2.45, 2.75) is 33.5 Å². The zero-order chi connectivity index (χ0) is 19.1. The van der Waals surface area contributed by atoms with Crippen LogP contribution in [0.25, 0.3) is 32.8 Å². The van der Waals surface area contributed by atoms with Gasteiger partial charge in [0.05, 0.1) is 34.8 Å². The molecule has 0 saturated carbocycles. The van der Waals surface area contributed by atoms with Crippen LogP contribution in [-0.2, 0) is 16.1 Å². The summed E-state index contributed by atoms with van der Waals surface area (Å²) in [6, 6.07) is 3.93. The average Bonchev–Trinajstić information content (AvgIpc) is 3.00. The van der Waals surface area contributed by atoms with E-state index in [0.717, 1.165) is 44.1 Å². The molecule has 1 aromatic carbocycles. The van der Waals surface area contributed by atoms with Crippen LogP contribution < -0.4 is 4.98 Å². The van der Waals surface area contributed by atoms with Gasteiger partial charge in [-0.2, -0.15) is 0 Å². The van der Waals surface area contributed by atoms with Gasteiger partial charge in [-0.05, 0) is 32.9 Å². The maximum Gasteiger partial charge on any atom is 0.404 e. The molecule has 0 unspecified atom stereocenters. The van der Waals surface area contributed by atoms with Crippen LogP contribution in [0.5, 0.6) is 0 Å². The van der Waals surface area contributed by atoms with Crippen molar-refractivity contribution in [1.82, 2.24) is 15.0 Å². The van der Waals surface area contributed by atoms with Gasteiger partial charge in [0.2, 0.25) is 0 Å². The van der Waals surface area contributed by atoms with Gasteiger partial charge < -0.3 is 14.5 Å².